The molecule has 0 spiro atoms. The van der Waals surface area contributed by atoms with Gasteiger partial charge in [-0.2, -0.15) is 0 Å². The third kappa shape index (κ3) is 2.59. The van der Waals surface area contributed by atoms with E-state index in [9.17, 15) is 0 Å². The first-order chi connectivity index (χ1) is 11.9. The Kier molecular flexibility index (Phi) is 3.84. The summed E-state index contributed by atoms with van der Waals surface area (Å²) < 4.78 is 0. The van der Waals surface area contributed by atoms with Crippen LogP contribution in [0.15, 0.2) is 83.9 Å². The number of fused-ring (bicyclic) bond motifs is 2. The lowest BCUT2D eigenvalue weighted by Crippen LogP contribution is -1.89. The van der Waals surface area contributed by atoms with Crippen molar-refractivity contribution in [3.05, 3.63) is 90.0 Å². The SMILES string of the molecule is CCc1ccccc1N=Cc1c2ccccc2cc2ccccc12. The standard InChI is InChI=1S/C23H19N/c1-2-17-9-5-8-14-23(17)24-16-22-20-12-6-3-10-18(20)15-19-11-4-7-13-21(19)22/h3-16H,2H2,1H3. The molecule has 0 amide bonds. The van der Waals surface area contributed by atoms with Gasteiger partial charge in [-0.1, -0.05) is 73.7 Å². The largest absolute Gasteiger partial charge is 0.256 e. The lowest BCUT2D eigenvalue weighted by Gasteiger charge is -2.08. The normalized spacial score (nSPS) is 11.5. The zero-order valence-electron chi connectivity index (χ0n) is 13.7. The molecule has 116 valence electrons. The first-order valence-electron chi connectivity index (χ1n) is 8.39. The van der Waals surface area contributed by atoms with Gasteiger partial charge in [0.1, 0.15) is 0 Å². The van der Waals surface area contributed by atoms with Crippen molar-refractivity contribution >= 4 is 33.4 Å². The van der Waals surface area contributed by atoms with E-state index in [1.807, 2.05) is 12.3 Å². The number of aliphatic imine (C=N–C) groups is 1. The summed E-state index contributed by atoms with van der Waals surface area (Å²) in [4.78, 5) is 4.82. The van der Waals surface area contributed by atoms with E-state index in [0.717, 1.165) is 12.1 Å². The smallest absolute Gasteiger partial charge is 0.0661 e. The predicted molar refractivity (Wildman–Crippen MR) is 105 cm³/mol. The van der Waals surface area contributed by atoms with Crippen molar-refractivity contribution in [2.45, 2.75) is 13.3 Å². The third-order valence-corrected chi connectivity index (χ3v) is 4.52. The van der Waals surface area contributed by atoms with Gasteiger partial charge in [-0.15, -0.1) is 0 Å². The van der Waals surface area contributed by atoms with Crippen LogP contribution in [0.4, 0.5) is 5.69 Å². The highest BCUT2D eigenvalue weighted by Gasteiger charge is 2.05. The summed E-state index contributed by atoms with van der Waals surface area (Å²) in [5.74, 6) is 0. The van der Waals surface area contributed by atoms with Crippen LogP contribution in [-0.2, 0) is 6.42 Å². The van der Waals surface area contributed by atoms with Crippen molar-refractivity contribution in [3.63, 3.8) is 0 Å². The molecule has 0 fully saturated rings. The fourth-order valence-electron chi connectivity index (χ4n) is 3.26. The molecular formula is C23H19N. The Morgan fingerprint density at radius 2 is 1.33 bits per heavy atom. The molecule has 0 heterocycles. The van der Waals surface area contributed by atoms with E-state index in [1.54, 1.807) is 0 Å². The van der Waals surface area contributed by atoms with Crippen LogP contribution in [0.25, 0.3) is 21.5 Å². The van der Waals surface area contributed by atoms with Crippen molar-refractivity contribution < 1.29 is 0 Å². The summed E-state index contributed by atoms with van der Waals surface area (Å²) in [7, 11) is 0. The molecule has 0 aliphatic rings. The number of nitrogens with zero attached hydrogens (tertiary/aromatic N) is 1. The molecule has 0 saturated heterocycles. The van der Waals surface area contributed by atoms with Crippen LogP contribution in [0.2, 0.25) is 0 Å². The first kappa shape index (κ1) is 14.6. The molecule has 0 unspecified atom stereocenters. The minimum atomic E-state index is 0.990. The van der Waals surface area contributed by atoms with E-state index in [-0.39, 0.29) is 0 Å². The minimum Gasteiger partial charge on any atom is -0.256 e. The van der Waals surface area contributed by atoms with Gasteiger partial charge in [-0.05, 0) is 45.7 Å². The minimum absolute atomic E-state index is 0.990. The van der Waals surface area contributed by atoms with Crippen LogP contribution in [0.5, 0.6) is 0 Å². The summed E-state index contributed by atoms with van der Waals surface area (Å²) in [6, 6.07) is 27.6. The average Bonchev–Trinajstić information content (AvgIpc) is 2.65. The molecule has 0 saturated carbocycles. The van der Waals surface area contributed by atoms with E-state index in [0.29, 0.717) is 0 Å². The molecule has 0 bridgehead atoms. The van der Waals surface area contributed by atoms with Gasteiger partial charge in [0, 0.05) is 11.8 Å². The molecule has 0 atom stereocenters. The maximum Gasteiger partial charge on any atom is 0.0661 e. The third-order valence-electron chi connectivity index (χ3n) is 4.52. The molecule has 1 heteroatoms. The summed E-state index contributed by atoms with van der Waals surface area (Å²) in [5.41, 5.74) is 3.52. The maximum atomic E-state index is 4.82. The first-order valence-corrected chi connectivity index (χ1v) is 8.39. The second-order valence-corrected chi connectivity index (χ2v) is 5.97. The summed E-state index contributed by atoms with van der Waals surface area (Å²) in [6.07, 6.45) is 3.02. The summed E-state index contributed by atoms with van der Waals surface area (Å²) in [5, 5.41) is 4.99. The molecule has 0 radical (unpaired) electrons. The lowest BCUT2D eigenvalue weighted by atomic mass is 9.97. The van der Waals surface area contributed by atoms with Crippen molar-refractivity contribution in [1.82, 2.24) is 0 Å². The Balaban J connectivity index is 1.95. The topological polar surface area (TPSA) is 12.4 Å². The fraction of sp³-hybridized carbons (Fsp3) is 0.0870. The van der Waals surface area contributed by atoms with Gasteiger partial charge in [0.05, 0.1) is 5.69 Å². The Bertz CT molecular complexity index is 990. The quantitative estimate of drug-likeness (QED) is 0.311. The van der Waals surface area contributed by atoms with Crippen LogP contribution in [0.1, 0.15) is 18.1 Å². The molecule has 24 heavy (non-hydrogen) atoms. The van der Waals surface area contributed by atoms with Gasteiger partial charge in [0.25, 0.3) is 0 Å². The second-order valence-electron chi connectivity index (χ2n) is 5.97. The van der Waals surface area contributed by atoms with E-state index >= 15 is 0 Å². The number of para-hydroxylation sites is 1. The second kappa shape index (κ2) is 6.29. The van der Waals surface area contributed by atoms with Crippen LogP contribution < -0.4 is 0 Å². The Morgan fingerprint density at radius 3 is 2.00 bits per heavy atom. The number of benzene rings is 4. The predicted octanol–water partition coefficient (Wildman–Crippen LogP) is 6.31. The van der Waals surface area contributed by atoms with Gasteiger partial charge in [0.15, 0.2) is 0 Å². The fourth-order valence-corrected chi connectivity index (χ4v) is 3.26. The monoisotopic (exact) mass is 309 g/mol. The summed E-state index contributed by atoms with van der Waals surface area (Å²) in [6.45, 7) is 2.17. The van der Waals surface area contributed by atoms with E-state index in [4.69, 9.17) is 4.99 Å². The van der Waals surface area contributed by atoms with Crippen molar-refractivity contribution in [2.24, 2.45) is 4.99 Å². The van der Waals surface area contributed by atoms with Crippen molar-refractivity contribution in [3.8, 4) is 0 Å². The lowest BCUT2D eigenvalue weighted by molar-refractivity contribution is 1.13. The molecule has 4 aromatic carbocycles. The Labute approximate surface area is 142 Å². The Morgan fingerprint density at radius 1 is 0.750 bits per heavy atom. The highest BCUT2D eigenvalue weighted by molar-refractivity contribution is 6.13. The van der Waals surface area contributed by atoms with E-state index in [1.165, 1.54) is 32.7 Å². The van der Waals surface area contributed by atoms with Crippen molar-refractivity contribution in [2.75, 3.05) is 0 Å². The number of aryl methyl sites for hydroxylation is 1. The van der Waals surface area contributed by atoms with Crippen LogP contribution in [-0.4, -0.2) is 6.21 Å². The molecule has 0 aliphatic heterocycles. The van der Waals surface area contributed by atoms with Gasteiger partial charge in [-0.25, -0.2) is 0 Å². The van der Waals surface area contributed by atoms with Gasteiger partial charge in [0.2, 0.25) is 0 Å². The van der Waals surface area contributed by atoms with Gasteiger partial charge < -0.3 is 0 Å². The van der Waals surface area contributed by atoms with Crippen molar-refractivity contribution in [1.29, 1.82) is 0 Å². The Hall–Kier alpha value is -2.93. The number of hydrogen-bond acceptors (Lipinski definition) is 1. The van der Waals surface area contributed by atoms with Crippen LogP contribution in [0, 0.1) is 0 Å². The number of rotatable bonds is 3. The van der Waals surface area contributed by atoms with Gasteiger partial charge in [-0.3, -0.25) is 4.99 Å². The molecule has 4 rings (SSSR count). The molecular weight excluding hydrogens is 290 g/mol. The van der Waals surface area contributed by atoms with Crippen LogP contribution in [0.3, 0.4) is 0 Å². The number of hydrogen-bond donors (Lipinski definition) is 0. The zero-order chi connectivity index (χ0) is 16.4. The summed E-state index contributed by atoms with van der Waals surface area (Å²) >= 11 is 0. The maximum absolute atomic E-state index is 4.82. The molecule has 0 N–H and O–H groups in total. The molecule has 1 nitrogen and oxygen atoms in total. The van der Waals surface area contributed by atoms with E-state index in [2.05, 4.69) is 79.7 Å². The van der Waals surface area contributed by atoms with E-state index < -0.39 is 0 Å². The molecule has 0 aliphatic carbocycles. The zero-order valence-corrected chi connectivity index (χ0v) is 13.7. The average molecular weight is 309 g/mol. The van der Waals surface area contributed by atoms with Gasteiger partial charge >= 0.3 is 0 Å². The van der Waals surface area contributed by atoms with Crippen LogP contribution >= 0.6 is 0 Å². The highest BCUT2D eigenvalue weighted by Crippen LogP contribution is 2.28. The molecule has 4 aromatic rings. The highest BCUT2D eigenvalue weighted by atomic mass is 14.7. The molecule has 0 aromatic heterocycles.